The molecule has 182 valence electrons. The molecule has 0 saturated heterocycles. The second-order valence-electron chi connectivity index (χ2n) is 8.02. The third-order valence-electron chi connectivity index (χ3n) is 4.19. The number of nitrogens with two attached hydrogens (primary N) is 1. The third kappa shape index (κ3) is 11.8. The maximum atomic E-state index is 12.3. The Balaban J connectivity index is 4.61. The van der Waals surface area contributed by atoms with E-state index in [0.29, 0.717) is 0 Å². The van der Waals surface area contributed by atoms with E-state index in [-0.39, 0.29) is 12.3 Å². The summed E-state index contributed by atoms with van der Waals surface area (Å²) in [7, 11) is 0. The summed E-state index contributed by atoms with van der Waals surface area (Å²) in [5.41, 5.74) is 5.47. The van der Waals surface area contributed by atoms with Crippen LogP contribution in [-0.2, 0) is 28.8 Å². The van der Waals surface area contributed by atoms with Gasteiger partial charge in [-0.1, -0.05) is 27.7 Å². The summed E-state index contributed by atoms with van der Waals surface area (Å²) in [5, 5.41) is 27.0. The van der Waals surface area contributed by atoms with Crippen molar-refractivity contribution < 1.29 is 39.0 Å². The summed E-state index contributed by atoms with van der Waals surface area (Å²) in [5.74, 6) is -5.73. The number of amides is 4. The smallest absolute Gasteiger partial charge is 0.326 e. The van der Waals surface area contributed by atoms with Crippen molar-refractivity contribution in [2.75, 3.05) is 13.1 Å². The molecule has 0 aliphatic carbocycles. The highest BCUT2D eigenvalue weighted by molar-refractivity contribution is 5.93. The minimum atomic E-state index is -1.34. The number of carboxylic acids is 2. The van der Waals surface area contributed by atoms with Crippen LogP contribution in [0.15, 0.2) is 0 Å². The maximum Gasteiger partial charge on any atom is 0.326 e. The van der Waals surface area contributed by atoms with E-state index in [2.05, 4.69) is 21.3 Å². The first-order valence-electron chi connectivity index (χ1n) is 10.1. The van der Waals surface area contributed by atoms with Crippen molar-refractivity contribution in [3.8, 4) is 0 Å². The minimum Gasteiger partial charge on any atom is -0.481 e. The molecule has 32 heavy (non-hydrogen) atoms. The van der Waals surface area contributed by atoms with Crippen molar-refractivity contribution in [3.05, 3.63) is 0 Å². The SMILES string of the molecule is CC(C)CC(NC(=O)CNC(=O)CNC(=O)C(NC(=O)C(N)CC(=O)O)C(C)C)C(=O)O. The fourth-order valence-electron chi connectivity index (χ4n) is 2.53. The van der Waals surface area contributed by atoms with E-state index in [1.54, 1.807) is 27.7 Å². The van der Waals surface area contributed by atoms with Gasteiger partial charge >= 0.3 is 11.9 Å². The number of nitrogens with one attached hydrogen (secondary N) is 4. The molecule has 0 spiro atoms. The zero-order valence-corrected chi connectivity index (χ0v) is 18.6. The number of aliphatic carboxylic acids is 2. The number of hydrogen-bond donors (Lipinski definition) is 7. The van der Waals surface area contributed by atoms with E-state index in [9.17, 15) is 28.8 Å². The average Bonchev–Trinajstić information content (AvgIpc) is 2.66. The lowest BCUT2D eigenvalue weighted by Gasteiger charge is -2.23. The van der Waals surface area contributed by atoms with Crippen LogP contribution < -0.4 is 27.0 Å². The predicted octanol–water partition coefficient (Wildman–Crippen LogP) is -2.22. The largest absolute Gasteiger partial charge is 0.481 e. The third-order valence-corrected chi connectivity index (χ3v) is 4.19. The molecule has 3 atom stereocenters. The van der Waals surface area contributed by atoms with Gasteiger partial charge in [0.15, 0.2) is 0 Å². The first kappa shape index (κ1) is 28.8. The van der Waals surface area contributed by atoms with Crippen LogP contribution in [0.25, 0.3) is 0 Å². The Morgan fingerprint density at radius 2 is 1.38 bits per heavy atom. The molecule has 0 aromatic carbocycles. The van der Waals surface area contributed by atoms with Gasteiger partial charge in [0.2, 0.25) is 23.6 Å². The number of carboxylic acid groups (broad SMARTS) is 2. The molecule has 0 radical (unpaired) electrons. The average molecular weight is 460 g/mol. The van der Waals surface area contributed by atoms with Gasteiger partial charge in [0.25, 0.3) is 0 Å². The lowest BCUT2D eigenvalue weighted by Crippen LogP contribution is -2.55. The van der Waals surface area contributed by atoms with Crippen LogP contribution in [0.5, 0.6) is 0 Å². The number of hydrogen-bond acceptors (Lipinski definition) is 7. The molecule has 0 aromatic rings. The molecule has 13 nitrogen and oxygen atoms in total. The van der Waals surface area contributed by atoms with Crippen molar-refractivity contribution in [2.24, 2.45) is 17.6 Å². The molecule has 0 saturated carbocycles. The Morgan fingerprint density at radius 1 is 0.812 bits per heavy atom. The van der Waals surface area contributed by atoms with Gasteiger partial charge in [0.05, 0.1) is 25.6 Å². The molecule has 0 aliphatic rings. The molecule has 0 fully saturated rings. The first-order valence-corrected chi connectivity index (χ1v) is 10.1. The van der Waals surface area contributed by atoms with Crippen molar-refractivity contribution in [2.45, 2.75) is 58.7 Å². The van der Waals surface area contributed by atoms with Gasteiger partial charge in [-0.05, 0) is 18.3 Å². The number of rotatable bonds is 14. The molecule has 4 amide bonds. The van der Waals surface area contributed by atoms with E-state index >= 15 is 0 Å². The van der Waals surface area contributed by atoms with Crippen molar-refractivity contribution >= 4 is 35.6 Å². The van der Waals surface area contributed by atoms with Crippen LogP contribution in [0.4, 0.5) is 0 Å². The van der Waals surface area contributed by atoms with Gasteiger partial charge < -0.3 is 37.2 Å². The highest BCUT2D eigenvalue weighted by Gasteiger charge is 2.27. The highest BCUT2D eigenvalue weighted by atomic mass is 16.4. The van der Waals surface area contributed by atoms with E-state index in [1.165, 1.54) is 0 Å². The highest BCUT2D eigenvalue weighted by Crippen LogP contribution is 2.05. The molecule has 0 aliphatic heterocycles. The molecular weight excluding hydrogens is 426 g/mol. The van der Waals surface area contributed by atoms with Gasteiger partial charge in [-0.15, -0.1) is 0 Å². The standard InChI is InChI=1S/C19H33N5O8/c1-9(2)5-12(19(31)32)23-14(26)8-21-13(25)7-22-18(30)16(10(3)4)24-17(29)11(20)6-15(27)28/h9-12,16H,5-8,20H2,1-4H3,(H,21,25)(H,22,30)(H,23,26)(H,24,29)(H,27,28)(H,31,32). The summed E-state index contributed by atoms with van der Waals surface area (Å²) in [4.78, 5) is 69.9. The Morgan fingerprint density at radius 3 is 1.84 bits per heavy atom. The second-order valence-corrected chi connectivity index (χ2v) is 8.02. The maximum absolute atomic E-state index is 12.3. The van der Waals surface area contributed by atoms with E-state index in [0.717, 1.165) is 0 Å². The quantitative estimate of drug-likeness (QED) is 0.149. The zero-order valence-electron chi connectivity index (χ0n) is 18.6. The monoisotopic (exact) mass is 459 g/mol. The van der Waals surface area contributed by atoms with E-state index < -0.39 is 79.1 Å². The molecule has 13 heteroatoms. The zero-order chi connectivity index (χ0) is 25.0. The van der Waals surface area contributed by atoms with E-state index in [4.69, 9.17) is 15.9 Å². The van der Waals surface area contributed by atoms with Crippen LogP contribution in [0.1, 0.15) is 40.5 Å². The van der Waals surface area contributed by atoms with Gasteiger partial charge in [0.1, 0.15) is 12.1 Å². The topological polar surface area (TPSA) is 217 Å². The van der Waals surface area contributed by atoms with Crippen molar-refractivity contribution in [1.29, 1.82) is 0 Å². The summed E-state index contributed by atoms with van der Waals surface area (Å²) < 4.78 is 0. The van der Waals surface area contributed by atoms with Crippen LogP contribution in [-0.4, -0.2) is 77.0 Å². The molecule has 0 aromatic heterocycles. The first-order chi connectivity index (χ1) is 14.7. The van der Waals surface area contributed by atoms with Gasteiger partial charge in [-0.25, -0.2) is 4.79 Å². The number of carbonyl (C=O) groups excluding carboxylic acids is 4. The van der Waals surface area contributed by atoms with Crippen molar-refractivity contribution in [1.82, 2.24) is 21.3 Å². The van der Waals surface area contributed by atoms with Gasteiger partial charge in [-0.2, -0.15) is 0 Å². The Bertz CT molecular complexity index is 710. The Kier molecular flexibility index (Phi) is 12.6. The lowest BCUT2D eigenvalue weighted by molar-refractivity contribution is -0.142. The molecule has 0 rings (SSSR count). The number of carbonyl (C=O) groups is 6. The fourth-order valence-corrected chi connectivity index (χ4v) is 2.53. The molecule has 8 N–H and O–H groups in total. The second kappa shape index (κ2) is 14.0. The molecule has 3 unspecified atom stereocenters. The fraction of sp³-hybridized carbons (Fsp3) is 0.684. The normalized spacial score (nSPS) is 13.6. The van der Waals surface area contributed by atoms with Crippen molar-refractivity contribution in [3.63, 3.8) is 0 Å². The lowest BCUT2D eigenvalue weighted by atomic mass is 10.0. The summed E-state index contributed by atoms with van der Waals surface area (Å²) >= 11 is 0. The van der Waals surface area contributed by atoms with Gasteiger partial charge in [0, 0.05) is 0 Å². The molecular formula is C19H33N5O8. The van der Waals surface area contributed by atoms with Crippen LogP contribution in [0.3, 0.4) is 0 Å². The minimum absolute atomic E-state index is 0.0364. The van der Waals surface area contributed by atoms with E-state index in [1.807, 2.05) is 0 Å². The van der Waals surface area contributed by atoms with Crippen LogP contribution >= 0.6 is 0 Å². The molecule has 0 bridgehead atoms. The molecule has 0 heterocycles. The van der Waals surface area contributed by atoms with Gasteiger partial charge in [-0.3, -0.25) is 24.0 Å². The Hall–Kier alpha value is -3.22. The summed E-state index contributed by atoms with van der Waals surface area (Å²) in [6, 6.07) is -3.48. The summed E-state index contributed by atoms with van der Waals surface area (Å²) in [6.07, 6.45) is -0.383. The summed E-state index contributed by atoms with van der Waals surface area (Å²) in [6.45, 7) is 5.89. The Labute approximate surface area is 185 Å². The van der Waals surface area contributed by atoms with Crippen LogP contribution in [0.2, 0.25) is 0 Å². The van der Waals surface area contributed by atoms with Crippen LogP contribution in [0, 0.1) is 11.8 Å². The predicted molar refractivity (Wildman–Crippen MR) is 112 cm³/mol.